The molecule has 21 heavy (non-hydrogen) atoms. The maximum Gasteiger partial charge on any atom is 0.177 e. The van der Waals surface area contributed by atoms with Crippen molar-refractivity contribution in [3.8, 4) is 11.8 Å². The van der Waals surface area contributed by atoms with Crippen molar-refractivity contribution in [3.05, 3.63) is 53.6 Å². The minimum absolute atomic E-state index is 0.157. The lowest BCUT2D eigenvalue weighted by molar-refractivity contribution is -0.116. The first-order valence-corrected chi connectivity index (χ1v) is 7.76. The SMILES string of the molecule is CCCCCC#CC1C=CCC(=Cc2ccccc2)C1=O. The Balaban J connectivity index is 2.03. The van der Waals surface area contributed by atoms with Crippen molar-refractivity contribution in [1.82, 2.24) is 0 Å². The van der Waals surface area contributed by atoms with Crippen LogP contribution in [0.3, 0.4) is 0 Å². The van der Waals surface area contributed by atoms with Gasteiger partial charge in [-0.1, -0.05) is 68.2 Å². The highest BCUT2D eigenvalue weighted by atomic mass is 16.1. The maximum absolute atomic E-state index is 12.4. The third-order valence-electron chi connectivity index (χ3n) is 3.57. The summed E-state index contributed by atoms with van der Waals surface area (Å²) >= 11 is 0. The predicted octanol–water partition coefficient (Wildman–Crippen LogP) is 4.80. The third kappa shape index (κ3) is 4.76. The van der Waals surface area contributed by atoms with Crippen LogP contribution in [0.4, 0.5) is 0 Å². The molecule has 1 aromatic carbocycles. The number of unbranched alkanes of at least 4 members (excludes halogenated alkanes) is 3. The minimum atomic E-state index is -0.254. The van der Waals surface area contributed by atoms with Gasteiger partial charge in [0.2, 0.25) is 0 Å². The summed E-state index contributed by atoms with van der Waals surface area (Å²) in [5.41, 5.74) is 1.93. The van der Waals surface area contributed by atoms with Gasteiger partial charge in [-0.3, -0.25) is 4.79 Å². The van der Waals surface area contributed by atoms with E-state index in [0.717, 1.165) is 24.0 Å². The lowest BCUT2D eigenvalue weighted by Crippen LogP contribution is -2.16. The fraction of sp³-hybridized carbons (Fsp3) is 0.350. The van der Waals surface area contributed by atoms with Gasteiger partial charge < -0.3 is 0 Å². The molecule has 1 heteroatoms. The molecule has 1 nitrogen and oxygen atoms in total. The number of carbonyl (C=O) groups is 1. The number of ketones is 1. The summed E-state index contributed by atoms with van der Waals surface area (Å²) in [4.78, 5) is 12.4. The number of benzene rings is 1. The van der Waals surface area contributed by atoms with E-state index in [0.29, 0.717) is 6.42 Å². The monoisotopic (exact) mass is 278 g/mol. The molecule has 0 fully saturated rings. The van der Waals surface area contributed by atoms with Crippen molar-refractivity contribution in [2.24, 2.45) is 5.92 Å². The van der Waals surface area contributed by atoms with E-state index < -0.39 is 0 Å². The van der Waals surface area contributed by atoms with Crippen LogP contribution in [0.2, 0.25) is 0 Å². The average Bonchev–Trinajstić information content (AvgIpc) is 2.51. The molecule has 0 heterocycles. The zero-order valence-electron chi connectivity index (χ0n) is 12.6. The van der Waals surface area contributed by atoms with E-state index >= 15 is 0 Å². The van der Waals surface area contributed by atoms with Gasteiger partial charge in [0.15, 0.2) is 5.78 Å². The summed E-state index contributed by atoms with van der Waals surface area (Å²) in [5, 5.41) is 0. The van der Waals surface area contributed by atoms with Crippen LogP contribution in [0.15, 0.2) is 48.1 Å². The Morgan fingerprint density at radius 3 is 2.81 bits per heavy atom. The van der Waals surface area contributed by atoms with Gasteiger partial charge in [-0.2, -0.15) is 0 Å². The molecule has 0 aromatic heterocycles. The number of allylic oxidation sites excluding steroid dienone is 3. The molecule has 0 spiro atoms. The first kappa shape index (κ1) is 15.3. The first-order valence-electron chi connectivity index (χ1n) is 7.76. The number of hydrogen-bond acceptors (Lipinski definition) is 1. The molecular formula is C20H22O. The molecule has 108 valence electrons. The van der Waals surface area contributed by atoms with Crippen molar-refractivity contribution < 1.29 is 4.79 Å². The third-order valence-corrected chi connectivity index (χ3v) is 3.57. The number of carbonyl (C=O) groups excluding carboxylic acids is 1. The second-order valence-corrected chi connectivity index (χ2v) is 5.33. The standard InChI is InChI=1S/C20H22O/c1-2-3-4-5-9-13-18-14-10-15-19(20(18)21)16-17-11-7-6-8-12-17/h6-8,10-12,14,16,18H,2-5,15H2,1H3. The fourth-order valence-electron chi connectivity index (χ4n) is 2.36. The van der Waals surface area contributed by atoms with E-state index in [9.17, 15) is 4.79 Å². The maximum atomic E-state index is 12.4. The van der Waals surface area contributed by atoms with Crippen LogP contribution in [0.1, 0.15) is 44.6 Å². The second-order valence-electron chi connectivity index (χ2n) is 5.33. The smallest absolute Gasteiger partial charge is 0.177 e. The summed E-state index contributed by atoms with van der Waals surface area (Å²) in [6.07, 6.45) is 11.1. The normalized spacial score (nSPS) is 19.4. The van der Waals surface area contributed by atoms with E-state index in [1.807, 2.05) is 42.5 Å². The van der Waals surface area contributed by atoms with Gasteiger partial charge in [0.1, 0.15) is 5.92 Å². The molecule has 1 aliphatic carbocycles. The Labute approximate surface area is 127 Å². The summed E-state index contributed by atoms with van der Waals surface area (Å²) in [6.45, 7) is 2.18. The molecule has 1 aromatic rings. The van der Waals surface area contributed by atoms with Crippen molar-refractivity contribution in [1.29, 1.82) is 0 Å². The topological polar surface area (TPSA) is 17.1 Å². The van der Waals surface area contributed by atoms with Crippen LogP contribution < -0.4 is 0 Å². The highest BCUT2D eigenvalue weighted by Crippen LogP contribution is 2.21. The summed E-state index contributed by atoms with van der Waals surface area (Å²) in [5.74, 6) is 6.18. The number of Topliss-reactive ketones (excluding diaryl/α,β-unsaturated/α-hetero) is 1. The van der Waals surface area contributed by atoms with Gasteiger partial charge in [0.25, 0.3) is 0 Å². The molecule has 2 rings (SSSR count). The quantitative estimate of drug-likeness (QED) is 0.335. The largest absolute Gasteiger partial charge is 0.293 e. The van der Waals surface area contributed by atoms with Crippen LogP contribution in [0, 0.1) is 17.8 Å². The lowest BCUT2D eigenvalue weighted by Gasteiger charge is -2.13. The molecule has 1 atom stereocenters. The van der Waals surface area contributed by atoms with Gasteiger partial charge >= 0.3 is 0 Å². The van der Waals surface area contributed by atoms with Crippen molar-refractivity contribution in [2.75, 3.05) is 0 Å². The van der Waals surface area contributed by atoms with E-state index in [4.69, 9.17) is 0 Å². The average molecular weight is 278 g/mol. The highest BCUT2D eigenvalue weighted by molar-refractivity contribution is 6.04. The summed E-state index contributed by atoms with van der Waals surface area (Å²) in [6, 6.07) is 9.99. The van der Waals surface area contributed by atoms with Gasteiger partial charge in [0.05, 0.1) is 0 Å². The van der Waals surface area contributed by atoms with E-state index in [-0.39, 0.29) is 11.7 Å². The Kier molecular flexibility index (Phi) is 6.03. The zero-order valence-corrected chi connectivity index (χ0v) is 12.6. The summed E-state index contributed by atoms with van der Waals surface area (Å²) < 4.78 is 0. The van der Waals surface area contributed by atoms with Gasteiger partial charge in [-0.05, 0) is 24.5 Å². The van der Waals surface area contributed by atoms with Crippen LogP contribution in [0.5, 0.6) is 0 Å². The summed E-state index contributed by atoms with van der Waals surface area (Å²) in [7, 11) is 0. The molecular weight excluding hydrogens is 256 g/mol. The molecule has 0 aliphatic heterocycles. The van der Waals surface area contributed by atoms with Crippen LogP contribution in [0.25, 0.3) is 6.08 Å². The number of rotatable bonds is 4. The van der Waals surface area contributed by atoms with E-state index in [1.54, 1.807) is 0 Å². The van der Waals surface area contributed by atoms with Gasteiger partial charge in [-0.25, -0.2) is 0 Å². The van der Waals surface area contributed by atoms with Gasteiger partial charge in [-0.15, -0.1) is 5.92 Å². The van der Waals surface area contributed by atoms with E-state index in [1.165, 1.54) is 12.8 Å². The molecule has 0 amide bonds. The molecule has 0 saturated carbocycles. The van der Waals surface area contributed by atoms with E-state index in [2.05, 4.69) is 24.8 Å². The Bertz CT molecular complexity index is 581. The van der Waals surface area contributed by atoms with Crippen molar-refractivity contribution in [2.45, 2.75) is 39.0 Å². The molecule has 0 saturated heterocycles. The number of hydrogen-bond donors (Lipinski definition) is 0. The Morgan fingerprint density at radius 1 is 1.24 bits per heavy atom. The minimum Gasteiger partial charge on any atom is -0.293 e. The molecule has 0 radical (unpaired) electrons. The molecule has 1 unspecified atom stereocenters. The fourth-order valence-corrected chi connectivity index (χ4v) is 2.36. The van der Waals surface area contributed by atoms with Crippen LogP contribution in [-0.2, 0) is 4.79 Å². The molecule has 0 bridgehead atoms. The Morgan fingerprint density at radius 2 is 2.05 bits per heavy atom. The first-order chi connectivity index (χ1) is 10.3. The molecule has 1 aliphatic rings. The predicted molar refractivity (Wildman–Crippen MR) is 88.6 cm³/mol. The van der Waals surface area contributed by atoms with Crippen molar-refractivity contribution >= 4 is 11.9 Å². The van der Waals surface area contributed by atoms with Crippen LogP contribution >= 0.6 is 0 Å². The molecule has 0 N–H and O–H groups in total. The Hall–Kier alpha value is -2.07. The van der Waals surface area contributed by atoms with Crippen molar-refractivity contribution in [3.63, 3.8) is 0 Å². The second kappa shape index (κ2) is 8.27. The van der Waals surface area contributed by atoms with Gasteiger partial charge in [0, 0.05) is 12.0 Å². The van der Waals surface area contributed by atoms with Crippen LogP contribution in [-0.4, -0.2) is 5.78 Å². The lowest BCUT2D eigenvalue weighted by atomic mass is 9.89. The zero-order chi connectivity index (χ0) is 14.9. The highest BCUT2D eigenvalue weighted by Gasteiger charge is 2.20.